The zero-order chi connectivity index (χ0) is 21.9. The van der Waals surface area contributed by atoms with Gasteiger partial charge in [0.05, 0.1) is 12.1 Å². The molecule has 0 radical (unpaired) electrons. The largest absolute Gasteiger partial charge is 0.473 e. The predicted octanol–water partition coefficient (Wildman–Crippen LogP) is 5.01. The molecular formula is C24H33NO4S. The molecule has 30 heavy (non-hydrogen) atoms. The molecule has 1 amide bonds. The number of aliphatic hydroxyl groups is 1. The summed E-state index contributed by atoms with van der Waals surface area (Å²) < 4.78 is 0. The third-order valence-corrected chi connectivity index (χ3v) is 5.92. The van der Waals surface area contributed by atoms with E-state index in [1.54, 1.807) is 6.08 Å². The summed E-state index contributed by atoms with van der Waals surface area (Å²) in [6.45, 7) is 4.83. The molecule has 0 spiro atoms. The van der Waals surface area contributed by atoms with E-state index in [1.807, 2.05) is 23.1 Å². The van der Waals surface area contributed by atoms with Crippen LogP contribution in [0.4, 0.5) is 4.79 Å². The number of nitrogens with zero attached hydrogens (tertiary/aromatic N) is 1. The summed E-state index contributed by atoms with van der Waals surface area (Å²) >= 11 is 0.878. The minimum atomic E-state index is -0.866. The first-order chi connectivity index (χ1) is 14.4. The second-order valence-corrected chi connectivity index (χ2v) is 8.98. The molecule has 2 atom stereocenters. The average molecular weight is 432 g/mol. The molecule has 2 N–H and O–H groups in total. The first-order valence-electron chi connectivity index (χ1n) is 10.6. The van der Waals surface area contributed by atoms with Crippen molar-refractivity contribution >= 4 is 23.0 Å². The minimum Gasteiger partial charge on any atom is -0.473 e. The summed E-state index contributed by atoms with van der Waals surface area (Å²) in [6, 6.07) is 8.34. The van der Waals surface area contributed by atoms with Gasteiger partial charge in [-0.25, -0.2) is 4.79 Å². The van der Waals surface area contributed by atoms with Crippen LogP contribution in [-0.4, -0.2) is 50.8 Å². The Morgan fingerprint density at radius 2 is 2.00 bits per heavy atom. The van der Waals surface area contributed by atoms with Gasteiger partial charge in [0.2, 0.25) is 5.91 Å². The Hall–Kier alpha value is -2.05. The Morgan fingerprint density at radius 1 is 1.27 bits per heavy atom. The van der Waals surface area contributed by atoms with Crippen molar-refractivity contribution in [2.45, 2.75) is 64.0 Å². The Morgan fingerprint density at radius 3 is 2.67 bits per heavy atom. The highest BCUT2D eigenvalue weighted by Crippen LogP contribution is 2.20. The van der Waals surface area contributed by atoms with Crippen LogP contribution in [0, 0.1) is 0 Å². The number of hydrogen-bond donors (Lipinski definition) is 2. The molecule has 0 saturated carbocycles. The van der Waals surface area contributed by atoms with Gasteiger partial charge < -0.3 is 15.1 Å². The van der Waals surface area contributed by atoms with Crippen LogP contribution in [0.1, 0.15) is 56.6 Å². The molecule has 6 heteroatoms. The molecule has 0 bridgehead atoms. The van der Waals surface area contributed by atoms with Gasteiger partial charge in [0.15, 0.2) is 0 Å². The number of rotatable bonds is 10. The maximum atomic E-state index is 12.4. The second-order valence-electron chi connectivity index (χ2n) is 7.93. The third kappa shape index (κ3) is 8.36. The first kappa shape index (κ1) is 24.2. The zero-order valence-electron chi connectivity index (χ0n) is 17.9. The van der Waals surface area contributed by atoms with Crippen LogP contribution in [-0.2, 0) is 11.2 Å². The van der Waals surface area contributed by atoms with Gasteiger partial charge in [0.1, 0.15) is 0 Å². The number of amides is 1. The predicted molar refractivity (Wildman–Crippen MR) is 123 cm³/mol. The van der Waals surface area contributed by atoms with E-state index < -0.39 is 11.4 Å². The second kappa shape index (κ2) is 12.6. The Balaban J connectivity index is 1.87. The SMILES string of the molecule is CC(C)c1ccc(CC(O)/C=C/[C@H]2CCCC(=O)N2C/C=C\CCSC(=O)O)cc1. The summed E-state index contributed by atoms with van der Waals surface area (Å²) in [6.07, 6.45) is 10.5. The number of likely N-dealkylation sites (tertiary alicyclic amines) is 1. The average Bonchev–Trinajstić information content (AvgIpc) is 2.70. The number of thioether (sulfide) groups is 1. The lowest BCUT2D eigenvalue weighted by atomic mass is 9.98. The maximum Gasteiger partial charge on any atom is 0.364 e. The van der Waals surface area contributed by atoms with Crippen molar-refractivity contribution in [2.75, 3.05) is 12.3 Å². The van der Waals surface area contributed by atoms with E-state index in [1.165, 1.54) is 5.56 Å². The molecule has 1 aromatic carbocycles. The number of benzene rings is 1. The summed E-state index contributed by atoms with van der Waals surface area (Å²) in [4.78, 5) is 24.7. The van der Waals surface area contributed by atoms with Gasteiger partial charge in [-0.3, -0.25) is 4.79 Å². The number of hydrogen-bond acceptors (Lipinski definition) is 4. The van der Waals surface area contributed by atoms with Crippen molar-refractivity contribution in [3.63, 3.8) is 0 Å². The number of piperidine rings is 1. The molecule has 164 valence electrons. The van der Waals surface area contributed by atoms with E-state index in [4.69, 9.17) is 5.11 Å². The van der Waals surface area contributed by atoms with Crippen LogP contribution in [0.5, 0.6) is 0 Å². The van der Waals surface area contributed by atoms with Crippen LogP contribution >= 0.6 is 11.8 Å². The van der Waals surface area contributed by atoms with Crippen molar-refractivity contribution < 1.29 is 19.8 Å². The van der Waals surface area contributed by atoms with E-state index in [0.717, 1.165) is 30.2 Å². The molecule has 2 rings (SSSR count). The van der Waals surface area contributed by atoms with E-state index in [9.17, 15) is 14.7 Å². The Labute approximate surface area is 183 Å². The standard InChI is InChI=1S/C24H33NO4S/c1-18(2)20-11-9-19(10-12-20)17-22(26)14-13-21-7-6-8-23(27)25(21)15-4-3-5-16-30-24(28)29/h3-4,9-14,18,21-22,26H,5-8,15-17H2,1-2H3,(H,28,29)/b4-3-,14-13+/t21-,22?/m1/s1. The summed E-state index contributed by atoms with van der Waals surface area (Å²) in [5.74, 6) is 1.14. The minimum absolute atomic E-state index is 0.0118. The highest BCUT2D eigenvalue weighted by molar-refractivity contribution is 8.13. The molecule has 0 aromatic heterocycles. The molecule has 1 aliphatic heterocycles. The van der Waals surface area contributed by atoms with Crippen LogP contribution in [0.15, 0.2) is 48.6 Å². The van der Waals surface area contributed by atoms with Gasteiger partial charge in [0, 0.05) is 25.1 Å². The highest BCUT2D eigenvalue weighted by Gasteiger charge is 2.25. The molecule has 1 fully saturated rings. The van der Waals surface area contributed by atoms with Gasteiger partial charge in [-0.15, -0.1) is 0 Å². The van der Waals surface area contributed by atoms with Gasteiger partial charge in [0.25, 0.3) is 0 Å². The third-order valence-electron chi connectivity index (χ3n) is 5.24. The number of carbonyl (C=O) groups is 2. The quantitative estimate of drug-likeness (QED) is 0.402. The highest BCUT2D eigenvalue weighted by atomic mass is 32.2. The molecule has 5 nitrogen and oxygen atoms in total. The van der Waals surface area contributed by atoms with Crippen LogP contribution in [0.2, 0.25) is 0 Å². The zero-order valence-corrected chi connectivity index (χ0v) is 18.7. The van der Waals surface area contributed by atoms with Crippen molar-refractivity contribution in [3.05, 3.63) is 59.7 Å². The Bertz CT molecular complexity index is 742. The summed E-state index contributed by atoms with van der Waals surface area (Å²) in [7, 11) is 0. The summed E-state index contributed by atoms with van der Waals surface area (Å²) in [5.41, 5.74) is 2.38. The fraction of sp³-hybridized carbons (Fsp3) is 0.500. The molecule has 1 saturated heterocycles. The van der Waals surface area contributed by atoms with E-state index in [-0.39, 0.29) is 11.9 Å². The van der Waals surface area contributed by atoms with Gasteiger partial charge in [-0.2, -0.15) is 0 Å². The van der Waals surface area contributed by atoms with Crippen molar-refractivity contribution in [2.24, 2.45) is 0 Å². The van der Waals surface area contributed by atoms with Crippen LogP contribution in [0.3, 0.4) is 0 Å². The number of allylic oxidation sites excluding steroid dienone is 1. The van der Waals surface area contributed by atoms with Crippen LogP contribution < -0.4 is 0 Å². The molecular weight excluding hydrogens is 398 g/mol. The number of carbonyl (C=O) groups excluding carboxylic acids is 1. The smallest absolute Gasteiger partial charge is 0.364 e. The maximum absolute atomic E-state index is 12.4. The number of aliphatic hydroxyl groups excluding tert-OH is 1. The topological polar surface area (TPSA) is 77.8 Å². The van der Waals surface area contributed by atoms with E-state index in [2.05, 4.69) is 38.1 Å². The van der Waals surface area contributed by atoms with Gasteiger partial charge in [-0.1, -0.05) is 62.4 Å². The van der Waals surface area contributed by atoms with Gasteiger partial charge >= 0.3 is 5.30 Å². The fourth-order valence-corrected chi connectivity index (χ4v) is 3.94. The van der Waals surface area contributed by atoms with Crippen molar-refractivity contribution in [1.82, 2.24) is 4.90 Å². The fourth-order valence-electron chi connectivity index (χ4n) is 3.51. The lowest BCUT2D eigenvalue weighted by Crippen LogP contribution is -2.42. The lowest BCUT2D eigenvalue weighted by Gasteiger charge is -2.33. The normalized spacial score (nSPS) is 18.6. The van der Waals surface area contributed by atoms with Crippen molar-refractivity contribution in [3.8, 4) is 0 Å². The van der Waals surface area contributed by atoms with Crippen LogP contribution in [0.25, 0.3) is 0 Å². The Kier molecular flexibility index (Phi) is 10.2. The molecule has 1 heterocycles. The molecule has 1 aromatic rings. The monoisotopic (exact) mass is 431 g/mol. The van der Waals surface area contributed by atoms with Gasteiger partial charge in [-0.05, 0) is 48.1 Å². The first-order valence-corrected chi connectivity index (χ1v) is 11.6. The molecule has 1 unspecified atom stereocenters. The van der Waals surface area contributed by atoms with E-state index in [0.29, 0.717) is 37.5 Å². The molecule has 1 aliphatic rings. The number of carboxylic acid groups (broad SMARTS) is 1. The lowest BCUT2D eigenvalue weighted by molar-refractivity contribution is -0.134. The summed E-state index contributed by atoms with van der Waals surface area (Å²) in [5, 5.41) is 18.2. The van der Waals surface area contributed by atoms with E-state index >= 15 is 0 Å². The molecule has 0 aliphatic carbocycles. The van der Waals surface area contributed by atoms with Crippen molar-refractivity contribution in [1.29, 1.82) is 0 Å².